The molecule has 0 saturated carbocycles. The van der Waals surface area contributed by atoms with E-state index in [1.54, 1.807) is 18.4 Å². The molecule has 1 saturated heterocycles. The molecule has 3 heterocycles. The molecule has 3 aromatic rings. The molecule has 1 aromatic carbocycles. The van der Waals surface area contributed by atoms with E-state index in [1.807, 2.05) is 18.3 Å². The van der Waals surface area contributed by atoms with Crippen molar-refractivity contribution in [3.05, 3.63) is 65.7 Å². The molecular weight excluding hydrogens is 342 g/mol. The second-order valence-corrected chi connectivity index (χ2v) is 7.34. The molecule has 4 nitrogen and oxygen atoms in total. The summed E-state index contributed by atoms with van der Waals surface area (Å²) in [7, 11) is 1.74. The van der Waals surface area contributed by atoms with Crippen molar-refractivity contribution in [3.8, 4) is 16.2 Å². The predicted octanol–water partition coefficient (Wildman–Crippen LogP) is 4.14. The van der Waals surface area contributed by atoms with E-state index < -0.39 is 0 Å². The molecule has 4 rings (SSSR count). The topological polar surface area (TPSA) is 28.6 Å². The lowest BCUT2D eigenvalue weighted by Crippen LogP contribution is -2.46. The molecule has 0 radical (unpaired) electrons. The van der Waals surface area contributed by atoms with E-state index in [4.69, 9.17) is 4.74 Å². The molecule has 0 amide bonds. The molecule has 5 heteroatoms. The first-order chi connectivity index (χ1) is 12.8. The number of hydrogen-bond acceptors (Lipinski definition) is 5. The van der Waals surface area contributed by atoms with Gasteiger partial charge in [0.2, 0.25) is 0 Å². The molecule has 1 fully saturated rings. The Morgan fingerprint density at radius 1 is 1.00 bits per heavy atom. The monoisotopic (exact) mass is 365 g/mol. The van der Waals surface area contributed by atoms with E-state index in [0.29, 0.717) is 0 Å². The molecule has 0 aliphatic carbocycles. The lowest BCUT2D eigenvalue weighted by atomic mass is 10.0. The highest BCUT2D eigenvalue weighted by molar-refractivity contribution is 7.14. The maximum absolute atomic E-state index is 5.53. The summed E-state index contributed by atoms with van der Waals surface area (Å²) in [6.07, 6.45) is 1.87. The largest absolute Gasteiger partial charge is 0.495 e. The average Bonchev–Trinajstić information content (AvgIpc) is 3.18. The second kappa shape index (κ2) is 7.89. The number of nitrogens with zero attached hydrogens (tertiary/aromatic N) is 3. The van der Waals surface area contributed by atoms with Crippen LogP contribution in [0.3, 0.4) is 0 Å². The van der Waals surface area contributed by atoms with E-state index in [2.05, 4.69) is 56.6 Å². The summed E-state index contributed by atoms with van der Waals surface area (Å²) in [6, 6.07) is 16.8. The van der Waals surface area contributed by atoms with Gasteiger partial charge in [0, 0.05) is 38.9 Å². The summed E-state index contributed by atoms with van der Waals surface area (Å²) in [4.78, 5) is 10.6. The maximum atomic E-state index is 5.53. The normalized spacial score (nSPS) is 15.2. The first kappa shape index (κ1) is 17.1. The van der Waals surface area contributed by atoms with E-state index in [9.17, 15) is 0 Å². The second-order valence-electron chi connectivity index (χ2n) is 6.43. The van der Waals surface area contributed by atoms with Crippen LogP contribution in [-0.4, -0.2) is 43.2 Å². The Labute approximate surface area is 158 Å². The van der Waals surface area contributed by atoms with Crippen LogP contribution in [0.1, 0.15) is 5.56 Å². The van der Waals surface area contributed by atoms with Crippen LogP contribution in [0.25, 0.3) is 10.4 Å². The van der Waals surface area contributed by atoms with Crippen LogP contribution in [0.5, 0.6) is 5.75 Å². The van der Waals surface area contributed by atoms with Crippen LogP contribution in [-0.2, 0) is 6.54 Å². The van der Waals surface area contributed by atoms with Gasteiger partial charge < -0.3 is 9.64 Å². The van der Waals surface area contributed by atoms with Gasteiger partial charge in [-0.2, -0.15) is 0 Å². The molecule has 1 aliphatic heterocycles. The van der Waals surface area contributed by atoms with Crippen LogP contribution in [0, 0.1) is 0 Å². The lowest BCUT2D eigenvalue weighted by Gasteiger charge is -2.35. The van der Waals surface area contributed by atoms with Crippen molar-refractivity contribution in [3.63, 3.8) is 0 Å². The van der Waals surface area contributed by atoms with Crippen molar-refractivity contribution in [1.82, 2.24) is 9.88 Å². The molecule has 1 aliphatic rings. The molecule has 0 spiro atoms. The fraction of sp³-hybridized carbons (Fsp3) is 0.286. The van der Waals surface area contributed by atoms with Crippen molar-refractivity contribution < 1.29 is 4.74 Å². The van der Waals surface area contributed by atoms with E-state index in [0.717, 1.165) is 44.3 Å². The Kier molecular flexibility index (Phi) is 5.18. The minimum atomic E-state index is 0.961. The van der Waals surface area contributed by atoms with Gasteiger partial charge in [0.1, 0.15) is 11.6 Å². The van der Waals surface area contributed by atoms with E-state index in [-0.39, 0.29) is 0 Å². The number of piperazine rings is 1. The SMILES string of the molecule is COc1ccsc1-c1ccccc1CN1CCN(c2ccccn2)CC1. The van der Waals surface area contributed by atoms with Gasteiger partial charge in [0.25, 0.3) is 0 Å². The number of aromatic nitrogens is 1. The third-order valence-corrected chi connectivity index (χ3v) is 5.78. The van der Waals surface area contributed by atoms with Crippen LogP contribution < -0.4 is 9.64 Å². The van der Waals surface area contributed by atoms with E-state index >= 15 is 0 Å². The Morgan fingerprint density at radius 3 is 2.58 bits per heavy atom. The number of rotatable bonds is 5. The Balaban J connectivity index is 1.46. The minimum Gasteiger partial charge on any atom is -0.495 e. The summed E-state index contributed by atoms with van der Waals surface area (Å²) in [6.45, 7) is 5.09. The van der Waals surface area contributed by atoms with Crippen molar-refractivity contribution in [1.29, 1.82) is 0 Å². The third-order valence-electron chi connectivity index (χ3n) is 4.85. The quantitative estimate of drug-likeness (QED) is 0.679. The van der Waals surface area contributed by atoms with Gasteiger partial charge in [-0.15, -0.1) is 11.3 Å². The number of pyridine rings is 1. The number of benzene rings is 1. The zero-order valence-corrected chi connectivity index (χ0v) is 15.8. The summed E-state index contributed by atoms with van der Waals surface area (Å²) in [5.74, 6) is 2.04. The van der Waals surface area contributed by atoms with Gasteiger partial charge in [-0.3, -0.25) is 4.90 Å². The Bertz CT molecular complexity index is 841. The summed E-state index contributed by atoms with van der Waals surface area (Å²) < 4.78 is 5.53. The fourth-order valence-corrected chi connectivity index (χ4v) is 4.37. The molecular formula is C21H23N3OS. The van der Waals surface area contributed by atoms with Crippen molar-refractivity contribution in [2.24, 2.45) is 0 Å². The van der Waals surface area contributed by atoms with Gasteiger partial charge in [0.15, 0.2) is 0 Å². The zero-order valence-electron chi connectivity index (χ0n) is 15.0. The first-order valence-electron chi connectivity index (χ1n) is 8.93. The van der Waals surface area contributed by atoms with E-state index in [1.165, 1.54) is 16.0 Å². The highest BCUT2D eigenvalue weighted by Gasteiger charge is 2.19. The summed E-state index contributed by atoms with van der Waals surface area (Å²) >= 11 is 1.74. The lowest BCUT2D eigenvalue weighted by molar-refractivity contribution is 0.249. The highest BCUT2D eigenvalue weighted by Crippen LogP contribution is 2.37. The van der Waals surface area contributed by atoms with Crippen molar-refractivity contribution in [2.75, 3.05) is 38.2 Å². The Morgan fingerprint density at radius 2 is 1.81 bits per heavy atom. The predicted molar refractivity (Wildman–Crippen MR) is 108 cm³/mol. The van der Waals surface area contributed by atoms with Crippen LogP contribution in [0.15, 0.2) is 60.1 Å². The molecule has 134 valence electrons. The molecule has 2 aromatic heterocycles. The van der Waals surface area contributed by atoms with Crippen LogP contribution in [0.2, 0.25) is 0 Å². The van der Waals surface area contributed by atoms with Crippen molar-refractivity contribution in [2.45, 2.75) is 6.54 Å². The summed E-state index contributed by atoms with van der Waals surface area (Å²) in [5.41, 5.74) is 2.64. The number of ether oxygens (including phenoxy) is 1. The van der Waals surface area contributed by atoms with Gasteiger partial charge in [-0.25, -0.2) is 4.98 Å². The van der Waals surface area contributed by atoms with Gasteiger partial charge in [-0.1, -0.05) is 30.3 Å². The van der Waals surface area contributed by atoms with Gasteiger partial charge in [-0.05, 0) is 34.7 Å². The number of methoxy groups -OCH3 is 1. The van der Waals surface area contributed by atoms with Gasteiger partial charge >= 0.3 is 0 Å². The van der Waals surface area contributed by atoms with Gasteiger partial charge in [0.05, 0.1) is 12.0 Å². The maximum Gasteiger partial charge on any atom is 0.137 e. The molecule has 0 bridgehead atoms. The average molecular weight is 366 g/mol. The molecule has 0 atom stereocenters. The van der Waals surface area contributed by atoms with Crippen LogP contribution in [0.4, 0.5) is 5.82 Å². The first-order valence-corrected chi connectivity index (χ1v) is 9.81. The number of thiophene rings is 1. The highest BCUT2D eigenvalue weighted by atomic mass is 32.1. The third kappa shape index (κ3) is 3.59. The summed E-state index contributed by atoms with van der Waals surface area (Å²) in [5, 5.41) is 2.09. The molecule has 0 unspecified atom stereocenters. The zero-order chi connectivity index (χ0) is 17.8. The van der Waals surface area contributed by atoms with Crippen molar-refractivity contribution >= 4 is 17.2 Å². The standard InChI is InChI=1S/C21H23N3OS/c1-25-19-9-15-26-21(19)18-7-3-2-6-17(18)16-23-11-13-24(14-12-23)20-8-4-5-10-22-20/h2-10,15H,11-14,16H2,1H3. The Hall–Kier alpha value is -2.37. The van der Waals surface area contributed by atoms with Crippen LogP contribution >= 0.6 is 11.3 Å². The molecule has 0 N–H and O–H groups in total. The number of hydrogen-bond donors (Lipinski definition) is 0. The smallest absolute Gasteiger partial charge is 0.137 e. The molecule has 26 heavy (non-hydrogen) atoms. The number of anilines is 1. The fourth-order valence-electron chi connectivity index (χ4n) is 3.45. The minimum absolute atomic E-state index is 0.961.